The van der Waals surface area contributed by atoms with E-state index in [2.05, 4.69) is 5.32 Å². The number of nitrogens with one attached hydrogen (secondary N) is 1. The minimum Gasteiger partial charge on any atom is -0.354 e. The largest absolute Gasteiger partial charge is 0.354 e. The Labute approximate surface area is 173 Å². The lowest BCUT2D eigenvalue weighted by molar-refractivity contribution is -0.119. The van der Waals surface area contributed by atoms with E-state index < -0.39 is 28.5 Å². The van der Waals surface area contributed by atoms with Gasteiger partial charge in [0.15, 0.2) is 0 Å². The van der Waals surface area contributed by atoms with Gasteiger partial charge in [-0.2, -0.15) is 12.7 Å². The standard InChI is InChI=1S/C18H21ClFN3O3S2/c1-22(2)28(25,26)23(16-7-5-15(20)6-8-16)13-18(24)21-11-12-27-17-9-3-14(19)4-10-17/h3-10H,11-13H2,1-2H3,(H,21,24). The van der Waals surface area contributed by atoms with Crippen LogP contribution in [0.25, 0.3) is 0 Å². The number of carbonyl (C=O) groups excluding carboxylic acids is 1. The van der Waals surface area contributed by atoms with Gasteiger partial charge in [0.1, 0.15) is 12.4 Å². The normalized spacial score (nSPS) is 11.5. The van der Waals surface area contributed by atoms with Crippen molar-refractivity contribution in [2.75, 3.05) is 37.2 Å². The van der Waals surface area contributed by atoms with Gasteiger partial charge in [-0.1, -0.05) is 11.6 Å². The highest BCUT2D eigenvalue weighted by atomic mass is 35.5. The van der Waals surface area contributed by atoms with Crippen LogP contribution < -0.4 is 9.62 Å². The molecule has 10 heteroatoms. The van der Waals surface area contributed by atoms with Crippen molar-refractivity contribution >= 4 is 45.2 Å². The van der Waals surface area contributed by atoms with Crippen LogP contribution in [0, 0.1) is 5.82 Å². The molecule has 0 unspecified atom stereocenters. The van der Waals surface area contributed by atoms with Crippen LogP contribution in [-0.2, 0) is 15.0 Å². The number of thioether (sulfide) groups is 1. The highest BCUT2D eigenvalue weighted by molar-refractivity contribution is 7.99. The number of rotatable bonds is 9. The van der Waals surface area contributed by atoms with Crippen LogP contribution in [0.1, 0.15) is 0 Å². The van der Waals surface area contributed by atoms with Crippen molar-refractivity contribution < 1.29 is 17.6 Å². The van der Waals surface area contributed by atoms with Crippen LogP contribution in [0.5, 0.6) is 0 Å². The fourth-order valence-electron chi connectivity index (χ4n) is 2.19. The third-order valence-electron chi connectivity index (χ3n) is 3.65. The molecule has 0 aliphatic heterocycles. The van der Waals surface area contributed by atoms with Crippen LogP contribution in [-0.4, -0.2) is 51.6 Å². The molecular weight excluding hydrogens is 425 g/mol. The fraction of sp³-hybridized carbons (Fsp3) is 0.278. The Hall–Kier alpha value is -1.81. The van der Waals surface area contributed by atoms with E-state index in [0.717, 1.165) is 25.6 Å². The lowest BCUT2D eigenvalue weighted by atomic mass is 10.3. The van der Waals surface area contributed by atoms with Crippen molar-refractivity contribution in [3.63, 3.8) is 0 Å². The summed E-state index contributed by atoms with van der Waals surface area (Å²) in [5.41, 5.74) is 0.209. The van der Waals surface area contributed by atoms with Crippen LogP contribution >= 0.6 is 23.4 Å². The van der Waals surface area contributed by atoms with Crippen molar-refractivity contribution in [3.8, 4) is 0 Å². The number of carbonyl (C=O) groups is 1. The van der Waals surface area contributed by atoms with Crippen molar-refractivity contribution in [2.24, 2.45) is 0 Å². The molecule has 1 N–H and O–H groups in total. The molecule has 152 valence electrons. The van der Waals surface area contributed by atoms with Crippen molar-refractivity contribution in [1.82, 2.24) is 9.62 Å². The van der Waals surface area contributed by atoms with Crippen molar-refractivity contribution in [3.05, 3.63) is 59.4 Å². The summed E-state index contributed by atoms with van der Waals surface area (Å²) in [6.07, 6.45) is 0. The van der Waals surface area contributed by atoms with Gasteiger partial charge in [0, 0.05) is 36.3 Å². The van der Waals surface area contributed by atoms with Gasteiger partial charge < -0.3 is 5.32 Å². The zero-order valence-electron chi connectivity index (χ0n) is 15.4. The predicted octanol–water partition coefficient (Wildman–Crippen LogP) is 3.00. The summed E-state index contributed by atoms with van der Waals surface area (Å²) in [4.78, 5) is 13.3. The molecule has 2 aromatic rings. The lowest BCUT2D eigenvalue weighted by Gasteiger charge is -2.26. The third-order valence-corrected chi connectivity index (χ3v) is 6.73. The molecule has 0 aliphatic rings. The Morgan fingerprint density at radius 2 is 1.71 bits per heavy atom. The van der Waals surface area contributed by atoms with Gasteiger partial charge in [-0.3, -0.25) is 4.79 Å². The topological polar surface area (TPSA) is 69.7 Å². The molecule has 0 radical (unpaired) electrons. The Bertz CT molecular complexity index is 891. The first kappa shape index (κ1) is 22.5. The average molecular weight is 446 g/mol. The Morgan fingerprint density at radius 3 is 2.29 bits per heavy atom. The minimum absolute atomic E-state index is 0.209. The molecule has 0 bridgehead atoms. The van der Waals surface area contributed by atoms with Gasteiger partial charge in [-0.05, 0) is 48.5 Å². The lowest BCUT2D eigenvalue weighted by Crippen LogP contribution is -2.46. The molecule has 2 aromatic carbocycles. The van der Waals surface area contributed by atoms with Crippen molar-refractivity contribution in [2.45, 2.75) is 4.90 Å². The predicted molar refractivity (Wildman–Crippen MR) is 112 cm³/mol. The summed E-state index contributed by atoms with van der Waals surface area (Å²) in [5, 5.41) is 3.36. The Kier molecular flexibility index (Phi) is 8.11. The van der Waals surface area contributed by atoms with Gasteiger partial charge >= 0.3 is 10.2 Å². The van der Waals surface area contributed by atoms with E-state index in [9.17, 15) is 17.6 Å². The molecule has 0 aromatic heterocycles. The Morgan fingerprint density at radius 1 is 1.11 bits per heavy atom. The van der Waals surface area contributed by atoms with Gasteiger partial charge in [0.25, 0.3) is 0 Å². The van der Waals surface area contributed by atoms with Crippen LogP contribution in [0.15, 0.2) is 53.4 Å². The maximum atomic E-state index is 13.2. The summed E-state index contributed by atoms with van der Waals surface area (Å²) >= 11 is 7.38. The summed E-state index contributed by atoms with van der Waals surface area (Å²) in [7, 11) is -1.18. The molecule has 0 atom stereocenters. The molecule has 0 spiro atoms. The monoisotopic (exact) mass is 445 g/mol. The number of amides is 1. The SMILES string of the molecule is CN(C)S(=O)(=O)N(CC(=O)NCCSc1ccc(Cl)cc1)c1ccc(F)cc1. The van der Waals surface area contributed by atoms with E-state index in [1.165, 1.54) is 26.2 Å². The number of halogens is 2. The minimum atomic E-state index is -3.91. The number of nitrogens with zero attached hydrogens (tertiary/aromatic N) is 2. The summed E-state index contributed by atoms with van der Waals surface area (Å²) in [6.45, 7) is -0.0385. The molecule has 0 heterocycles. The second kappa shape index (κ2) is 10.1. The van der Waals surface area contributed by atoms with E-state index in [4.69, 9.17) is 11.6 Å². The number of benzene rings is 2. The Balaban J connectivity index is 1.96. The molecule has 0 saturated carbocycles. The van der Waals surface area contributed by atoms with Crippen LogP contribution in [0.2, 0.25) is 5.02 Å². The van der Waals surface area contributed by atoms with E-state index in [0.29, 0.717) is 17.3 Å². The maximum Gasteiger partial charge on any atom is 0.304 e. The molecule has 28 heavy (non-hydrogen) atoms. The number of anilines is 1. The smallest absolute Gasteiger partial charge is 0.304 e. The first-order chi connectivity index (χ1) is 13.2. The molecule has 0 saturated heterocycles. The molecular formula is C18H21ClFN3O3S2. The third kappa shape index (κ3) is 6.37. The van der Waals surface area contributed by atoms with E-state index in [1.54, 1.807) is 23.9 Å². The molecule has 6 nitrogen and oxygen atoms in total. The van der Waals surface area contributed by atoms with Gasteiger partial charge in [-0.15, -0.1) is 11.8 Å². The quantitative estimate of drug-likeness (QED) is 0.476. The zero-order valence-corrected chi connectivity index (χ0v) is 17.8. The van der Waals surface area contributed by atoms with Crippen molar-refractivity contribution in [1.29, 1.82) is 0 Å². The van der Waals surface area contributed by atoms with E-state index in [-0.39, 0.29) is 5.69 Å². The van der Waals surface area contributed by atoms with E-state index >= 15 is 0 Å². The average Bonchev–Trinajstić information content (AvgIpc) is 2.65. The van der Waals surface area contributed by atoms with Crippen LogP contribution in [0.3, 0.4) is 0 Å². The number of hydrogen-bond acceptors (Lipinski definition) is 4. The summed E-state index contributed by atoms with van der Waals surface area (Å²) in [6, 6.07) is 12.3. The summed E-state index contributed by atoms with van der Waals surface area (Å²) < 4.78 is 40.2. The first-order valence-corrected chi connectivity index (χ1v) is 11.1. The second-order valence-electron chi connectivity index (χ2n) is 5.93. The summed E-state index contributed by atoms with van der Waals surface area (Å²) in [5.74, 6) is -0.328. The second-order valence-corrected chi connectivity index (χ2v) is 9.60. The molecule has 0 aliphatic carbocycles. The maximum absolute atomic E-state index is 13.2. The highest BCUT2D eigenvalue weighted by Crippen LogP contribution is 2.21. The van der Waals surface area contributed by atoms with Gasteiger partial charge in [0.2, 0.25) is 5.91 Å². The fourth-order valence-corrected chi connectivity index (χ4v) is 4.14. The van der Waals surface area contributed by atoms with Crippen LogP contribution in [0.4, 0.5) is 10.1 Å². The van der Waals surface area contributed by atoms with Gasteiger partial charge in [-0.25, -0.2) is 8.70 Å². The molecule has 0 fully saturated rings. The van der Waals surface area contributed by atoms with Gasteiger partial charge in [0.05, 0.1) is 5.69 Å². The molecule has 1 amide bonds. The number of hydrogen-bond donors (Lipinski definition) is 1. The van der Waals surface area contributed by atoms with E-state index in [1.807, 2.05) is 12.1 Å². The molecule has 2 rings (SSSR count). The zero-order chi connectivity index (χ0) is 20.7. The highest BCUT2D eigenvalue weighted by Gasteiger charge is 2.27. The first-order valence-electron chi connectivity index (χ1n) is 8.31.